The summed E-state index contributed by atoms with van der Waals surface area (Å²) in [6.45, 7) is 7.91. The van der Waals surface area contributed by atoms with Crippen LogP contribution in [0.1, 0.15) is 13.8 Å². The first-order chi connectivity index (χ1) is 13.7. The van der Waals surface area contributed by atoms with Crippen LogP contribution in [0.25, 0.3) is 10.9 Å². The zero-order chi connectivity index (χ0) is 22.0. The van der Waals surface area contributed by atoms with Gasteiger partial charge in [-0.2, -0.15) is 0 Å². The molecule has 1 aromatic carbocycles. The summed E-state index contributed by atoms with van der Waals surface area (Å²) in [5.41, 5.74) is 1.37. The van der Waals surface area contributed by atoms with Crippen LogP contribution in [0.15, 0.2) is 24.4 Å². The molecular weight excluding hydrogens is 446 g/mol. The third kappa shape index (κ3) is 8.59. The zero-order valence-electron chi connectivity index (χ0n) is 15.7. The van der Waals surface area contributed by atoms with E-state index in [1.165, 1.54) is 12.1 Å². The van der Waals surface area contributed by atoms with Crippen molar-refractivity contribution in [2.75, 3.05) is 31.5 Å². The molecule has 0 spiro atoms. The Morgan fingerprint density at radius 3 is 2.38 bits per heavy atom. The maximum absolute atomic E-state index is 11.0. The van der Waals surface area contributed by atoms with E-state index in [0.717, 1.165) is 31.9 Å². The first-order valence-corrected chi connectivity index (χ1v) is 11.0. The van der Waals surface area contributed by atoms with Crippen LogP contribution in [0.5, 0.6) is 0 Å². The number of hydrogen-bond donors (Lipinski definition) is 3. The normalized spacial score (nSPS) is 11.7. The molecule has 0 amide bonds. The lowest BCUT2D eigenvalue weighted by Gasteiger charge is -2.18. The highest BCUT2D eigenvalue weighted by Gasteiger charge is 2.31. The van der Waals surface area contributed by atoms with Crippen molar-refractivity contribution in [1.82, 2.24) is 9.88 Å². The Morgan fingerprint density at radius 1 is 1.28 bits per heavy atom. The molecule has 158 valence electrons. The summed E-state index contributed by atoms with van der Waals surface area (Å²) >= 11 is 5.93. The van der Waals surface area contributed by atoms with E-state index in [1.807, 2.05) is 6.07 Å². The van der Waals surface area contributed by atoms with Gasteiger partial charge in [-0.3, -0.25) is 15.1 Å². The molecule has 29 heavy (non-hydrogen) atoms. The van der Waals surface area contributed by atoms with E-state index in [4.69, 9.17) is 21.4 Å². The SMILES string of the molecule is CCN(CC)CCNc1ccnc2cc(Cl)c([N+](=O)[O-])cc12.O=[P+](O)O[P+](=O)O. The summed E-state index contributed by atoms with van der Waals surface area (Å²) < 4.78 is 22.2. The highest BCUT2D eigenvalue weighted by Crippen LogP contribution is 2.32. The molecule has 0 saturated heterocycles. The summed E-state index contributed by atoms with van der Waals surface area (Å²) in [7, 11) is -5.85. The van der Waals surface area contributed by atoms with E-state index < -0.39 is 21.4 Å². The quantitative estimate of drug-likeness (QED) is 0.282. The number of nitrogens with zero attached hydrogens (tertiary/aromatic N) is 3. The van der Waals surface area contributed by atoms with E-state index >= 15 is 0 Å². The van der Waals surface area contributed by atoms with Gasteiger partial charge < -0.3 is 10.2 Å². The molecule has 2 rings (SSSR count). The average molecular weight is 467 g/mol. The van der Waals surface area contributed by atoms with Gasteiger partial charge in [-0.25, -0.2) is 0 Å². The molecule has 2 unspecified atom stereocenters. The van der Waals surface area contributed by atoms with Crippen molar-refractivity contribution < 1.29 is 28.2 Å². The van der Waals surface area contributed by atoms with Crippen LogP contribution in [0.3, 0.4) is 0 Å². The molecule has 0 saturated carbocycles. The number of benzene rings is 1. The highest BCUT2D eigenvalue weighted by molar-refractivity contribution is 7.46. The summed E-state index contributed by atoms with van der Waals surface area (Å²) in [6, 6.07) is 4.83. The lowest BCUT2D eigenvalue weighted by atomic mass is 10.1. The van der Waals surface area contributed by atoms with Gasteiger partial charge >= 0.3 is 16.5 Å². The van der Waals surface area contributed by atoms with Crippen molar-refractivity contribution in [2.45, 2.75) is 13.8 Å². The molecule has 11 nitrogen and oxygen atoms in total. The second kappa shape index (κ2) is 12.7. The number of nitrogens with one attached hydrogen (secondary N) is 1. The first-order valence-electron chi connectivity index (χ1n) is 8.38. The van der Waals surface area contributed by atoms with Crippen LogP contribution >= 0.6 is 28.1 Å². The Balaban J connectivity index is 0.000000516. The number of fused-ring (bicyclic) bond motifs is 1. The average Bonchev–Trinajstić information content (AvgIpc) is 2.64. The van der Waals surface area contributed by atoms with Gasteiger partial charge in [-0.1, -0.05) is 25.4 Å². The van der Waals surface area contributed by atoms with E-state index in [0.29, 0.717) is 10.9 Å². The Morgan fingerprint density at radius 2 is 1.90 bits per heavy atom. The Hall–Kier alpha value is -1.84. The fourth-order valence-electron chi connectivity index (χ4n) is 2.40. The molecule has 0 aliphatic heterocycles. The molecule has 0 aliphatic rings. The third-order valence-electron chi connectivity index (χ3n) is 3.78. The molecule has 2 aromatic rings. The van der Waals surface area contributed by atoms with Crippen molar-refractivity contribution in [3.05, 3.63) is 39.5 Å². The summed E-state index contributed by atoms with van der Waals surface area (Å²) in [4.78, 5) is 32.4. The molecule has 0 aliphatic carbocycles. The topological polar surface area (TPSA) is 155 Å². The minimum atomic E-state index is -2.92. The van der Waals surface area contributed by atoms with Crippen molar-refractivity contribution in [3.63, 3.8) is 0 Å². The van der Waals surface area contributed by atoms with E-state index in [2.05, 4.69) is 33.4 Å². The van der Waals surface area contributed by atoms with Crippen molar-refractivity contribution in [2.24, 2.45) is 0 Å². The van der Waals surface area contributed by atoms with E-state index in [1.54, 1.807) is 6.20 Å². The summed E-state index contributed by atoms with van der Waals surface area (Å²) in [6.07, 6.45) is 1.67. The van der Waals surface area contributed by atoms with Gasteiger partial charge in [-0.15, -0.1) is 9.79 Å². The van der Waals surface area contributed by atoms with Gasteiger partial charge in [0.05, 0.1) is 10.4 Å². The number of halogens is 1. The fourth-order valence-corrected chi connectivity index (χ4v) is 3.10. The molecule has 3 N–H and O–H groups in total. The number of rotatable bonds is 9. The van der Waals surface area contributed by atoms with Crippen LogP contribution in [0.4, 0.5) is 11.4 Å². The fraction of sp³-hybridized carbons (Fsp3) is 0.400. The van der Waals surface area contributed by atoms with E-state index in [-0.39, 0.29) is 10.7 Å². The monoisotopic (exact) mass is 466 g/mol. The zero-order valence-corrected chi connectivity index (χ0v) is 18.2. The van der Waals surface area contributed by atoms with Gasteiger partial charge in [0.15, 0.2) is 4.31 Å². The number of nitro groups is 1. The van der Waals surface area contributed by atoms with E-state index in [9.17, 15) is 19.2 Å². The maximum Gasteiger partial charge on any atom is 0.745 e. The number of anilines is 1. The lowest BCUT2D eigenvalue weighted by Crippen LogP contribution is -2.28. The predicted octanol–water partition coefficient (Wildman–Crippen LogP) is 3.85. The van der Waals surface area contributed by atoms with Crippen molar-refractivity contribution in [1.29, 1.82) is 0 Å². The lowest BCUT2D eigenvalue weighted by molar-refractivity contribution is -0.384. The van der Waals surface area contributed by atoms with Crippen LogP contribution in [-0.4, -0.2) is 50.8 Å². The van der Waals surface area contributed by atoms with Gasteiger partial charge in [0, 0.05) is 45.6 Å². The third-order valence-corrected chi connectivity index (χ3v) is 5.20. The largest absolute Gasteiger partial charge is 0.745 e. The Bertz CT molecular complexity index is 871. The van der Waals surface area contributed by atoms with Crippen molar-refractivity contribution >= 4 is 50.4 Å². The molecular formula is C15H21ClN4O7P2+2. The predicted molar refractivity (Wildman–Crippen MR) is 110 cm³/mol. The van der Waals surface area contributed by atoms with Gasteiger partial charge in [0.2, 0.25) is 0 Å². The Kier molecular flexibility index (Phi) is 11.0. The van der Waals surface area contributed by atoms with Gasteiger partial charge in [0.1, 0.15) is 5.02 Å². The van der Waals surface area contributed by atoms with Crippen molar-refractivity contribution in [3.8, 4) is 0 Å². The highest BCUT2D eigenvalue weighted by atomic mass is 35.5. The molecule has 0 radical (unpaired) electrons. The second-order valence-electron chi connectivity index (χ2n) is 5.45. The summed E-state index contributed by atoms with van der Waals surface area (Å²) in [5.74, 6) is 0. The maximum atomic E-state index is 11.0. The van der Waals surface area contributed by atoms with Gasteiger partial charge in [-0.05, 0) is 25.2 Å². The van der Waals surface area contributed by atoms with Gasteiger partial charge in [0.25, 0.3) is 5.69 Å². The molecule has 1 aromatic heterocycles. The van der Waals surface area contributed by atoms with Crippen LogP contribution in [-0.2, 0) is 13.4 Å². The molecule has 0 bridgehead atoms. The number of aromatic nitrogens is 1. The number of pyridine rings is 1. The Labute approximate surface area is 173 Å². The number of hydrogen-bond acceptors (Lipinski definition) is 8. The van der Waals surface area contributed by atoms with Crippen LogP contribution in [0, 0.1) is 10.1 Å². The smallest absolute Gasteiger partial charge is 0.383 e. The molecule has 2 atom stereocenters. The first kappa shape index (κ1) is 25.2. The summed E-state index contributed by atoms with van der Waals surface area (Å²) in [5, 5.41) is 15.2. The molecule has 14 heteroatoms. The molecule has 1 heterocycles. The number of nitro benzene ring substituents is 1. The van der Waals surface area contributed by atoms with Crippen LogP contribution < -0.4 is 5.32 Å². The minimum absolute atomic E-state index is 0.102. The number of likely N-dealkylation sites (N-methyl/N-ethyl adjacent to an activating group) is 1. The second-order valence-corrected chi connectivity index (χ2v) is 7.46. The molecule has 0 fully saturated rings. The standard InChI is InChI=1S/C15H19ClN4O2.O5P2/c1-3-19(4-2)8-7-18-13-5-6-17-14-10-12(16)15(20(21)22)9-11(13)14;1-6(2)5-7(3)4/h5-6,9-10H,3-4,7-8H2,1-2H3,(H,17,18);/p+2. The minimum Gasteiger partial charge on any atom is -0.383 e. The van der Waals surface area contributed by atoms with Crippen LogP contribution in [0.2, 0.25) is 5.02 Å².